The van der Waals surface area contributed by atoms with E-state index in [9.17, 15) is 8.42 Å². The first-order valence-corrected chi connectivity index (χ1v) is 8.77. The van der Waals surface area contributed by atoms with Gasteiger partial charge in [0, 0.05) is 24.5 Å². The summed E-state index contributed by atoms with van der Waals surface area (Å²) in [5.41, 5.74) is 0.877. The Morgan fingerprint density at radius 3 is 2.60 bits per heavy atom. The van der Waals surface area contributed by atoms with E-state index in [-0.39, 0.29) is 6.04 Å². The van der Waals surface area contributed by atoms with Crippen LogP contribution < -0.4 is 10.0 Å². The van der Waals surface area contributed by atoms with Crippen molar-refractivity contribution in [1.29, 1.82) is 0 Å². The maximum Gasteiger partial charge on any atom is 0.242 e. The van der Waals surface area contributed by atoms with Gasteiger partial charge in [0.2, 0.25) is 10.0 Å². The summed E-state index contributed by atoms with van der Waals surface area (Å²) in [6, 6.07) is 1.63. The van der Waals surface area contributed by atoms with Gasteiger partial charge in [0.1, 0.15) is 0 Å². The Balaban J connectivity index is 2.66. The van der Waals surface area contributed by atoms with E-state index in [1.54, 1.807) is 12.3 Å². The van der Waals surface area contributed by atoms with Gasteiger partial charge >= 0.3 is 0 Å². The Hall–Kier alpha value is -0.850. The molecule has 1 heterocycles. The molecule has 20 heavy (non-hydrogen) atoms. The van der Waals surface area contributed by atoms with Crippen LogP contribution in [0.4, 0.5) is 0 Å². The molecule has 2 atom stereocenters. The number of sulfonamides is 1. The molecule has 116 valence electrons. The second-order valence-corrected chi connectivity index (χ2v) is 7.13. The van der Waals surface area contributed by atoms with Gasteiger partial charge in [-0.15, -0.1) is 0 Å². The fourth-order valence-corrected chi connectivity index (χ4v) is 3.36. The highest BCUT2D eigenvalue weighted by Crippen LogP contribution is 2.14. The number of hydrogen-bond donors (Lipinski definition) is 3. The van der Waals surface area contributed by atoms with Crippen molar-refractivity contribution in [3.63, 3.8) is 0 Å². The number of H-pyrrole nitrogens is 1. The van der Waals surface area contributed by atoms with Gasteiger partial charge in [-0.1, -0.05) is 27.2 Å². The molecule has 0 radical (unpaired) electrons. The number of aromatic amines is 1. The normalized spacial score (nSPS) is 15.2. The van der Waals surface area contributed by atoms with Gasteiger partial charge < -0.3 is 10.3 Å². The average Bonchev–Trinajstić information content (AvgIpc) is 2.84. The SMILES string of the molecule is CCNCc1cc(S(=O)(=O)NC(C)CC(C)CC)c[nH]1. The molecule has 2 unspecified atom stereocenters. The minimum atomic E-state index is -3.43. The lowest BCUT2D eigenvalue weighted by Gasteiger charge is -2.17. The number of hydrogen-bond acceptors (Lipinski definition) is 3. The molecule has 1 aromatic rings. The molecule has 0 amide bonds. The molecule has 1 rings (SSSR count). The van der Waals surface area contributed by atoms with Crippen LogP contribution >= 0.6 is 0 Å². The minimum Gasteiger partial charge on any atom is -0.363 e. The van der Waals surface area contributed by atoms with Crippen LogP contribution in [-0.4, -0.2) is 26.0 Å². The standard InChI is InChI=1S/C14H27N3O2S/c1-5-11(3)7-12(4)17-20(18,19)14-8-13(16-10-14)9-15-6-2/h8,10-12,15-17H,5-7,9H2,1-4H3. The second kappa shape index (κ2) is 7.81. The maximum atomic E-state index is 12.2. The largest absolute Gasteiger partial charge is 0.363 e. The molecule has 0 spiro atoms. The van der Waals surface area contributed by atoms with Crippen molar-refractivity contribution in [3.8, 4) is 0 Å². The van der Waals surface area contributed by atoms with E-state index in [0.29, 0.717) is 17.4 Å². The lowest BCUT2D eigenvalue weighted by Crippen LogP contribution is -2.33. The molecule has 0 fully saturated rings. The Morgan fingerprint density at radius 1 is 1.30 bits per heavy atom. The molecule has 0 aliphatic carbocycles. The quantitative estimate of drug-likeness (QED) is 0.655. The molecule has 0 aliphatic rings. The van der Waals surface area contributed by atoms with Crippen LogP contribution in [0.2, 0.25) is 0 Å². The van der Waals surface area contributed by atoms with Crippen molar-refractivity contribution < 1.29 is 8.42 Å². The van der Waals surface area contributed by atoms with Crippen LogP contribution in [0.25, 0.3) is 0 Å². The Morgan fingerprint density at radius 2 is 2.00 bits per heavy atom. The fraction of sp³-hybridized carbons (Fsp3) is 0.714. The highest BCUT2D eigenvalue weighted by atomic mass is 32.2. The third kappa shape index (κ3) is 5.26. The molecule has 3 N–H and O–H groups in total. The monoisotopic (exact) mass is 301 g/mol. The highest BCUT2D eigenvalue weighted by Gasteiger charge is 2.19. The summed E-state index contributed by atoms with van der Waals surface area (Å²) in [4.78, 5) is 3.30. The Bertz CT molecular complexity index is 496. The van der Waals surface area contributed by atoms with E-state index in [4.69, 9.17) is 0 Å². The predicted octanol–water partition coefficient (Wildman–Crippen LogP) is 2.23. The number of nitrogens with one attached hydrogen (secondary N) is 3. The van der Waals surface area contributed by atoms with Gasteiger partial charge in [-0.2, -0.15) is 0 Å². The van der Waals surface area contributed by atoms with Crippen molar-refractivity contribution in [2.75, 3.05) is 6.54 Å². The number of aromatic nitrogens is 1. The van der Waals surface area contributed by atoms with Gasteiger partial charge in [-0.25, -0.2) is 13.1 Å². The molecule has 5 nitrogen and oxygen atoms in total. The minimum absolute atomic E-state index is 0.0536. The van der Waals surface area contributed by atoms with Gasteiger partial charge in [-0.3, -0.25) is 0 Å². The van der Waals surface area contributed by atoms with Crippen LogP contribution in [0, 0.1) is 5.92 Å². The zero-order chi connectivity index (χ0) is 15.2. The summed E-state index contributed by atoms with van der Waals surface area (Å²) in [6.07, 6.45) is 3.46. The first-order valence-electron chi connectivity index (χ1n) is 7.29. The van der Waals surface area contributed by atoms with Crippen molar-refractivity contribution in [3.05, 3.63) is 18.0 Å². The summed E-state index contributed by atoms with van der Waals surface area (Å²) >= 11 is 0. The first-order chi connectivity index (χ1) is 9.39. The Labute approximate surface area is 122 Å². The summed E-state index contributed by atoms with van der Waals surface area (Å²) < 4.78 is 27.2. The van der Waals surface area contributed by atoms with Crippen molar-refractivity contribution in [1.82, 2.24) is 15.0 Å². The smallest absolute Gasteiger partial charge is 0.242 e. The molecule has 6 heteroatoms. The summed E-state index contributed by atoms with van der Waals surface area (Å²) in [7, 11) is -3.43. The van der Waals surface area contributed by atoms with E-state index < -0.39 is 10.0 Å². The third-order valence-corrected chi connectivity index (χ3v) is 4.97. The van der Waals surface area contributed by atoms with Crippen molar-refractivity contribution >= 4 is 10.0 Å². The van der Waals surface area contributed by atoms with Gasteiger partial charge in [0.25, 0.3) is 0 Å². The second-order valence-electron chi connectivity index (χ2n) is 5.41. The average molecular weight is 301 g/mol. The third-order valence-electron chi connectivity index (χ3n) is 3.40. The molecule has 1 aromatic heterocycles. The summed E-state index contributed by atoms with van der Waals surface area (Å²) in [5, 5.41) is 3.16. The number of rotatable bonds is 9. The van der Waals surface area contributed by atoms with Gasteiger partial charge in [0.15, 0.2) is 0 Å². The Kier molecular flexibility index (Phi) is 6.71. The molecule has 0 saturated carbocycles. The molecular weight excluding hydrogens is 274 g/mol. The molecule has 0 aliphatic heterocycles. The van der Waals surface area contributed by atoms with Crippen molar-refractivity contribution in [2.24, 2.45) is 5.92 Å². The van der Waals surface area contributed by atoms with Crippen LogP contribution in [0.1, 0.15) is 46.2 Å². The molecule has 0 aromatic carbocycles. The van der Waals surface area contributed by atoms with Crippen LogP contribution in [0.5, 0.6) is 0 Å². The van der Waals surface area contributed by atoms with E-state index >= 15 is 0 Å². The first kappa shape index (κ1) is 17.2. The zero-order valence-corrected chi connectivity index (χ0v) is 13.7. The van der Waals surface area contributed by atoms with Crippen LogP contribution in [0.15, 0.2) is 17.2 Å². The van der Waals surface area contributed by atoms with Gasteiger partial charge in [-0.05, 0) is 31.9 Å². The van der Waals surface area contributed by atoms with Gasteiger partial charge in [0.05, 0.1) is 4.90 Å². The topological polar surface area (TPSA) is 74.0 Å². The van der Waals surface area contributed by atoms with E-state index in [0.717, 1.165) is 25.1 Å². The fourth-order valence-electron chi connectivity index (χ4n) is 2.09. The van der Waals surface area contributed by atoms with Crippen molar-refractivity contribution in [2.45, 2.75) is 58.0 Å². The summed E-state index contributed by atoms with van der Waals surface area (Å²) in [6.45, 7) is 9.68. The maximum absolute atomic E-state index is 12.2. The lowest BCUT2D eigenvalue weighted by molar-refractivity contribution is 0.445. The van der Waals surface area contributed by atoms with E-state index in [1.165, 1.54) is 0 Å². The summed E-state index contributed by atoms with van der Waals surface area (Å²) in [5.74, 6) is 0.517. The lowest BCUT2D eigenvalue weighted by atomic mass is 10.0. The molecule has 0 saturated heterocycles. The van der Waals surface area contributed by atoms with E-state index in [1.807, 2.05) is 13.8 Å². The van der Waals surface area contributed by atoms with Crippen LogP contribution in [0.3, 0.4) is 0 Å². The molecular formula is C14H27N3O2S. The van der Waals surface area contributed by atoms with E-state index in [2.05, 4.69) is 28.9 Å². The zero-order valence-electron chi connectivity index (χ0n) is 12.9. The predicted molar refractivity (Wildman–Crippen MR) is 82.0 cm³/mol. The highest BCUT2D eigenvalue weighted by molar-refractivity contribution is 7.89. The molecule has 0 bridgehead atoms. The van der Waals surface area contributed by atoms with Crippen LogP contribution in [-0.2, 0) is 16.6 Å².